The molecule has 8 aromatic carbocycles. The third-order valence-electron chi connectivity index (χ3n) is 9.99. The summed E-state index contributed by atoms with van der Waals surface area (Å²) < 4.78 is 5.00. The minimum absolute atomic E-state index is 1.18. The van der Waals surface area contributed by atoms with Crippen molar-refractivity contribution in [2.45, 2.75) is 0 Å². The monoisotopic (exact) mass is 653 g/mol. The summed E-state index contributed by atoms with van der Waals surface area (Å²) in [7, 11) is 0. The van der Waals surface area contributed by atoms with Gasteiger partial charge in [0.15, 0.2) is 0 Å². The van der Waals surface area contributed by atoms with Gasteiger partial charge >= 0.3 is 0 Å². The van der Waals surface area contributed by atoms with Gasteiger partial charge in [0.2, 0.25) is 0 Å². The van der Waals surface area contributed by atoms with Crippen molar-refractivity contribution >= 4 is 53.3 Å². The lowest BCUT2D eigenvalue weighted by atomic mass is 9.95. The van der Waals surface area contributed by atoms with Gasteiger partial charge in [0.25, 0.3) is 0 Å². The third kappa shape index (κ3) is 4.84. The molecule has 0 spiro atoms. The first-order valence-corrected chi connectivity index (χ1v) is 17.9. The summed E-state index contributed by atoms with van der Waals surface area (Å²) in [5.41, 5.74) is 13.5. The zero-order valence-electron chi connectivity index (χ0n) is 27.3. The highest BCUT2D eigenvalue weighted by Gasteiger charge is 2.14. The smallest absolute Gasteiger partial charge is 0.0541 e. The van der Waals surface area contributed by atoms with E-state index in [0.29, 0.717) is 0 Å². The van der Waals surface area contributed by atoms with Crippen LogP contribution in [-0.4, -0.2) is 4.57 Å². The topological polar surface area (TPSA) is 4.93 Å². The zero-order valence-corrected chi connectivity index (χ0v) is 28.1. The molecule has 0 aliphatic carbocycles. The first-order valence-electron chi connectivity index (χ1n) is 17.1. The second-order valence-corrected chi connectivity index (χ2v) is 14.1. The number of aromatic nitrogens is 1. The Hall–Kier alpha value is -6.22. The molecule has 2 heteroatoms. The zero-order chi connectivity index (χ0) is 33.0. The third-order valence-corrected chi connectivity index (χ3v) is 11.1. The van der Waals surface area contributed by atoms with Gasteiger partial charge in [-0.05, 0) is 111 Å². The average molecular weight is 654 g/mol. The van der Waals surface area contributed by atoms with E-state index in [1.165, 1.54) is 92.2 Å². The lowest BCUT2D eigenvalue weighted by molar-refractivity contribution is 1.18. The van der Waals surface area contributed by atoms with Crippen LogP contribution in [0.4, 0.5) is 0 Å². The highest BCUT2D eigenvalue weighted by atomic mass is 32.1. The molecular weight excluding hydrogens is 623 g/mol. The molecule has 0 atom stereocenters. The summed E-state index contributed by atoms with van der Waals surface area (Å²) in [5, 5.41) is 5.16. The van der Waals surface area contributed by atoms with Gasteiger partial charge in [-0.15, -0.1) is 11.3 Å². The number of rotatable bonds is 5. The predicted octanol–water partition coefficient (Wildman–Crippen LogP) is 13.8. The fourth-order valence-electron chi connectivity index (χ4n) is 7.53. The Morgan fingerprint density at radius 2 is 0.720 bits per heavy atom. The van der Waals surface area contributed by atoms with Crippen LogP contribution in [0.5, 0.6) is 0 Å². The molecule has 0 aliphatic heterocycles. The van der Waals surface area contributed by atoms with Crippen molar-refractivity contribution in [1.29, 1.82) is 0 Å². The van der Waals surface area contributed by atoms with E-state index in [4.69, 9.17) is 0 Å². The molecular formula is C48H31NS. The van der Waals surface area contributed by atoms with Gasteiger partial charge in [0.1, 0.15) is 0 Å². The number of hydrogen-bond acceptors (Lipinski definition) is 1. The second kappa shape index (κ2) is 11.7. The molecule has 10 rings (SSSR count). The molecule has 0 radical (unpaired) electrons. The van der Waals surface area contributed by atoms with Crippen molar-refractivity contribution in [3.63, 3.8) is 0 Å². The normalized spacial score (nSPS) is 11.6. The van der Waals surface area contributed by atoms with Crippen LogP contribution in [0.15, 0.2) is 188 Å². The van der Waals surface area contributed by atoms with Crippen molar-refractivity contribution < 1.29 is 0 Å². The first-order chi connectivity index (χ1) is 24.8. The van der Waals surface area contributed by atoms with Crippen molar-refractivity contribution in [1.82, 2.24) is 4.57 Å². The molecule has 0 fully saturated rings. The molecule has 0 bridgehead atoms. The van der Waals surface area contributed by atoms with Gasteiger partial charge in [-0.3, -0.25) is 0 Å². The Balaban J connectivity index is 1.05. The standard InChI is InChI=1S/C48H31NS/c1-3-11-32(12-4-1)33-13-9-14-34(27-33)35-15-10-16-36(28-35)38-22-25-47-43(30-38)44-31-39(23-26-48(44)50-47)37-21-24-46-42(29-37)41-19-7-8-20-45(41)49(46)40-17-5-2-6-18-40/h1-31H. The van der Waals surface area contributed by atoms with Crippen LogP contribution in [-0.2, 0) is 0 Å². The Bertz CT molecular complexity index is 2860. The predicted molar refractivity (Wildman–Crippen MR) is 215 cm³/mol. The number of hydrogen-bond donors (Lipinski definition) is 0. The highest BCUT2D eigenvalue weighted by molar-refractivity contribution is 7.25. The average Bonchev–Trinajstić information content (AvgIpc) is 3.73. The van der Waals surface area contributed by atoms with Gasteiger partial charge in [-0.2, -0.15) is 0 Å². The molecule has 0 amide bonds. The summed E-state index contributed by atoms with van der Waals surface area (Å²) in [5.74, 6) is 0. The van der Waals surface area contributed by atoms with E-state index in [0.717, 1.165) is 0 Å². The van der Waals surface area contributed by atoms with Crippen molar-refractivity contribution in [3.8, 4) is 50.2 Å². The molecule has 10 aromatic rings. The van der Waals surface area contributed by atoms with Crippen LogP contribution >= 0.6 is 11.3 Å². The Labute approximate surface area is 295 Å². The molecule has 50 heavy (non-hydrogen) atoms. The van der Waals surface area contributed by atoms with Crippen LogP contribution in [0, 0.1) is 0 Å². The van der Waals surface area contributed by atoms with Gasteiger partial charge in [-0.1, -0.05) is 121 Å². The number of nitrogens with zero attached hydrogens (tertiary/aromatic N) is 1. The van der Waals surface area contributed by atoms with Gasteiger partial charge in [0, 0.05) is 36.6 Å². The molecule has 2 heterocycles. The molecule has 0 unspecified atom stereocenters. The number of para-hydroxylation sites is 2. The Kier molecular flexibility index (Phi) is 6.75. The summed E-state index contributed by atoms with van der Waals surface area (Å²) >= 11 is 1.87. The van der Waals surface area contributed by atoms with E-state index in [9.17, 15) is 0 Å². The maximum atomic E-state index is 2.39. The van der Waals surface area contributed by atoms with E-state index in [1.807, 2.05) is 11.3 Å². The van der Waals surface area contributed by atoms with Crippen LogP contribution in [0.25, 0.3) is 92.2 Å². The van der Waals surface area contributed by atoms with Crippen LogP contribution in [0.2, 0.25) is 0 Å². The fraction of sp³-hybridized carbons (Fsp3) is 0. The molecule has 0 N–H and O–H groups in total. The van der Waals surface area contributed by atoms with Gasteiger partial charge in [-0.25, -0.2) is 0 Å². The van der Waals surface area contributed by atoms with E-state index in [1.54, 1.807) is 0 Å². The molecule has 0 saturated heterocycles. The largest absolute Gasteiger partial charge is 0.309 e. The summed E-state index contributed by atoms with van der Waals surface area (Å²) in [6, 6.07) is 68.7. The number of thiophene rings is 1. The lowest BCUT2D eigenvalue weighted by Gasteiger charge is -2.09. The SMILES string of the molecule is c1ccc(-c2cccc(-c3cccc(-c4ccc5sc6ccc(-c7ccc8c(c7)c7ccccc7n8-c7ccccc7)cc6c5c4)c3)c2)cc1. The number of benzene rings is 8. The summed E-state index contributed by atoms with van der Waals surface area (Å²) in [4.78, 5) is 0. The first kappa shape index (κ1) is 28.8. The molecule has 0 aliphatic rings. The minimum atomic E-state index is 1.18. The molecule has 2 aromatic heterocycles. The van der Waals surface area contributed by atoms with E-state index in [2.05, 4.69) is 193 Å². The van der Waals surface area contributed by atoms with E-state index in [-0.39, 0.29) is 0 Å². The highest BCUT2D eigenvalue weighted by Crippen LogP contribution is 2.40. The van der Waals surface area contributed by atoms with E-state index >= 15 is 0 Å². The van der Waals surface area contributed by atoms with Crippen LogP contribution in [0.1, 0.15) is 0 Å². The lowest BCUT2D eigenvalue weighted by Crippen LogP contribution is -1.92. The van der Waals surface area contributed by atoms with Crippen molar-refractivity contribution in [3.05, 3.63) is 188 Å². The maximum absolute atomic E-state index is 2.39. The van der Waals surface area contributed by atoms with E-state index < -0.39 is 0 Å². The molecule has 234 valence electrons. The fourth-order valence-corrected chi connectivity index (χ4v) is 8.60. The molecule has 0 saturated carbocycles. The van der Waals surface area contributed by atoms with Gasteiger partial charge < -0.3 is 4.57 Å². The Morgan fingerprint density at radius 1 is 0.280 bits per heavy atom. The minimum Gasteiger partial charge on any atom is -0.309 e. The summed E-state index contributed by atoms with van der Waals surface area (Å²) in [6.07, 6.45) is 0. The number of fused-ring (bicyclic) bond motifs is 6. The van der Waals surface area contributed by atoms with Gasteiger partial charge in [0.05, 0.1) is 11.0 Å². The summed E-state index contributed by atoms with van der Waals surface area (Å²) in [6.45, 7) is 0. The van der Waals surface area contributed by atoms with Crippen molar-refractivity contribution in [2.24, 2.45) is 0 Å². The molecule has 1 nitrogen and oxygen atoms in total. The van der Waals surface area contributed by atoms with Crippen molar-refractivity contribution in [2.75, 3.05) is 0 Å². The van der Waals surface area contributed by atoms with Crippen LogP contribution in [0.3, 0.4) is 0 Å². The Morgan fingerprint density at radius 3 is 1.34 bits per heavy atom. The quantitative estimate of drug-likeness (QED) is 0.174. The second-order valence-electron chi connectivity index (χ2n) is 13.0. The van der Waals surface area contributed by atoms with Crippen LogP contribution < -0.4 is 0 Å². The maximum Gasteiger partial charge on any atom is 0.0541 e.